The molecule has 0 radical (unpaired) electrons. The number of aromatic nitrogens is 3. The van der Waals surface area contributed by atoms with Crippen LogP contribution in [-0.2, 0) is 6.54 Å². The Morgan fingerprint density at radius 1 is 1.21 bits per heavy atom. The van der Waals surface area contributed by atoms with E-state index in [4.69, 9.17) is 11.6 Å². The Morgan fingerprint density at radius 3 is 2.71 bits per heavy atom. The molecule has 1 fully saturated rings. The maximum atomic E-state index is 14.3. The van der Waals surface area contributed by atoms with Gasteiger partial charge in [-0.3, -0.25) is 0 Å². The maximum absolute atomic E-state index is 14.3. The van der Waals surface area contributed by atoms with E-state index in [1.165, 1.54) is 25.3 Å². The second-order valence-corrected chi connectivity index (χ2v) is 9.51. The first kappa shape index (κ1) is 22.4. The summed E-state index contributed by atoms with van der Waals surface area (Å²) < 4.78 is 16.4. The number of fused-ring (bicyclic) bond motifs is 1. The van der Waals surface area contributed by atoms with Crippen LogP contribution in [0.15, 0.2) is 48.5 Å². The molecule has 0 bridgehead atoms. The molecule has 2 heterocycles. The molecule has 0 amide bonds. The Bertz CT molecular complexity index is 1420. The third-order valence-electron chi connectivity index (χ3n) is 6.70. The predicted molar refractivity (Wildman–Crippen MR) is 133 cm³/mol. The summed E-state index contributed by atoms with van der Waals surface area (Å²) >= 11 is 5.92. The molecule has 1 aliphatic carbocycles. The lowest BCUT2D eigenvalue weighted by Crippen LogP contribution is -2.31. The van der Waals surface area contributed by atoms with Crippen molar-refractivity contribution in [1.29, 1.82) is 5.26 Å². The van der Waals surface area contributed by atoms with Gasteiger partial charge < -0.3 is 9.88 Å². The van der Waals surface area contributed by atoms with E-state index >= 15 is 0 Å². The molecule has 0 unspecified atom stereocenters. The van der Waals surface area contributed by atoms with E-state index in [-0.39, 0.29) is 16.9 Å². The van der Waals surface area contributed by atoms with Gasteiger partial charge in [-0.1, -0.05) is 47.9 Å². The molecular formula is C27H25ClFN5. The van der Waals surface area contributed by atoms with Crippen molar-refractivity contribution in [2.75, 3.05) is 5.32 Å². The lowest BCUT2D eigenvalue weighted by molar-refractivity contribution is 0.285. The number of halogens is 2. The minimum atomic E-state index is -0.451. The van der Waals surface area contributed by atoms with Crippen molar-refractivity contribution in [1.82, 2.24) is 14.5 Å². The minimum Gasteiger partial charge on any atom is -0.365 e. The summed E-state index contributed by atoms with van der Waals surface area (Å²) in [5, 5.41) is 13.2. The number of benzene rings is 2. The van der Waals surface area contributed by atoms with Gasteiger partial charge >= 0.3 is 0 Å². The number of hydrogen-bond donors (Lipinski definition) is 1. The fourth-order valence-corrected chi connectivity index (χ4v) is 4.74. The van der Waals surface area contributed by atoms with Crippen LogP contribution in [0.5, 0.6) is 0 Å². The number of nitriles is 1. The van der Waals surface area contributed by atoms with E-state index in [2.05, 4.69) is 38.9 Å². The number of hydrogen-bond acceptors (Lipinski definition) is 4. The molecule has 5 rings (SSSR count). The highest BCUT2D eigenvalue weighted by atomic mass is 35.5. The van der Waals surface area contributed by atoms with E-state index in [0.717, 1.165) is 27.9 Å². The largest absolute Gasteiger partial charge is 0.365 e. The zero-order chi connectivity index (χ0) is 23.8. The van der Waals surface area contributed by atoms with Crippen LogP contribution in [-0.4, -0.2) is 20.6 Å². The van der Waals surface area contributed by atoms with Crippen molar-refractivity contribution in [2.45, 2.75) is 45.7 Å². The summed E-state index contributed by atoms with van der Waals surface area (Å²) in [6.07, 6.45) is 3.62. The van der Waals surface area contributed by atoms with Crippen molar-refractivity contribution in [3.8, 4) is 17.3 Å². The Balaban J connectivity index is 1.71. The molecule has 1 N–H and O–H groups in total. The fraction of sp³-hybridized carbons (Fsp3) is 0.296. The quantitative estimate of drug-likeness (QED) is 0.337. The molecule has 5 nitrogen and oxygen atoms in total. The van der Waals surface area contributed by atoms with Crippen LogP contribution < -0.4 is 5.32 Å². The number of aryl methyl sites for hydroxylation is 1. The third-order valence-corrected chi connectivity index (χ3v) is 7.01. The van der Waals surface area contributed by atoms with E-state index in [0.29, 0.717) is 23.8 Å². The standard InChI is InChI=1S/C27H25ClFN5/c1-16-5-3-8-20(11-16)24-13-23-26(34(24)15-18-9-10-21(28)22(29)12-18)27(33-25(14-30)32-23)31-17(2)19-6-4-7-19/h3,5,8-13,17,19H,4,6-7,15H2,1-2H3,(H,31,32,33)/t17-/m1/s1. The number of nitrogens with one attached hydrogen (secondary N) is 1. The first-order chi connectivity index (χ1) is 16.4. The van der Waals surface area contributed by atoms with Gasteiger partial charge in [0.15, 0.2) is 5.82 Å². The molecule has 34 heavy (non-hydrogen) atoms. The summed E-state index contributed by atoms with van der Waals surface area (Å²) in [4.78, 5) is 9.07. The summed E-state index contributed by atoms with van der Waals surface area (Å²) in [5.41, 5.74) is 5.34. The Kier molecular flexibility index (Phi) is 5.97. The number of nitrogens with zero attached hydrogens (tertiary/aromatic N) is 4. The third kappa shape index (κ3) is 4.24. The van der Waals surface area contributed by atoms with E-state index in [1.54, 1.807) is 6.07 Å². The minimum absolute atomic E-state index is 0.0960. The van der Waals surface area contributed by atoms with E-state index < -0.39 is 5.82 Å². The van der Waals surface area contributed by atoms with E-state index in [1.807, 2.05) is 37.3 Å². The van der Waals surface area contributed by atoms with Crippen molar-refractivity contribution in [3.63, 3.8) is 0 Å². The normalized spacial score (nSPS) is 14.6. The smallest absolute Gasteiger partial charge is 0.234 e. The van der Waals surface area contributed by atoms with Gasteiger partial charge in [-0.05, 0) is 68.0 Å². The molecule has 2 aromatic carbocycles. The Morgan fingerprint density at radius 2 is 2.03 bits per heavy atom. The molecule has 7 heteroatoms. The highest BCUT2D eigenvalue weighted by Crippen LogP contribution is 2.35. The number of rotatable bonds is 6. The van der Waals surface area contributed by atoms with Crippen molar-refractivity contribution in [2.24, 2.45) is 5.92 Å². The second-order valence-electron chi connectivity index (χ2n) is 9.10. The zero-order valence-corrected chi connectivity index (χ0v) is 19.9. The predicted octanol–water partition coefficient (Wildman–Crippen LogP) is 6.72. The Hall–Kier alpha value is -3.43. The van der Waals surface area contributed by atoms with Crippen molar-refractivity contribution >= 4 is 28.5 Å². The van der Waals surface area contributed by atoms with Crippen LogP contribution in [0.1, 0.15) is 43.1 Å². The Labute approximate surface area is 203 Å². The van der Waals surface area contributed by atoms with Gasteiger partial charge in [-0.15, -0.1) is 0 Å². The summed E-state index contributed by atoms with van der Waals surface area (Å²) in [6.45, 7) is 4.61. The topological polar surface area (TPSA) is 66.5 Å². The van der Waals surface area contributed by atoms with Gasteiger partial charge in [0.2, 0.25) is 5.82 Å². The molecule has 172 valence electrons. The van der Waals surface area contributed by atoms with Crippen LogP contribution in [0.2, 0.25) is 5.02 Å². The zero-order valence-electron chi connectivity index (χ0n) is 19.1. The van der Waals surface area contributed by atoms with Crippen LogP contribution >= 0.6 is 11.6 Å². The highest BCUT2D eigenvalue weighted by molar-refractivity contribution is 6.30. The van der Waals surface area contributed by atoms with Crippen LogP contribution in [0.4, 0.5) is 10.2 Å². The van der Waals surface area contributed by atoms with Gasteiger partial charge in [0.25, 0.3) is 0 Å². The van der Waals surface area contributed by atoms with E-state index in [9.17, 15) is 9.65 Å². The maximum Gasteiger partial charge on any atom is 0.234 e. The molecule has 4 aromatic rings. The molecule has 1 aliphatic rings. The number of anilines is 1. The molecular weight excluding hydrogens is 449 g/mol. The first-order valence-corrected chi connectivity index (χ1v) is 11.9. The average molecular weight is 474 g/mol. The van der Waals surface area contributed by atoms with Crippen LogP contribution in [0, 0.1) is 30.0 Å². The average Bonchev–Trinajstić information content (AvgIpc) is 3.13. The monoisotopic (exact) mass is 473 g/mol. The molecule has 1 atom stereocenters. The molecule has 1 saturated carbocycles. The fourth-order valence-electron chi connectivity index (χ4n) is 4.62. The van der Waals surface area contributed by atoms with Gasteiger partial charge in [0.05, 0.1) is 16.2 Å². The molecule has 2 aromatic heterocycles. The molecule has 0 spiro atoms. The summed E-state index contributed by atoms with van der Waals surface area (Å²) in [5.74, 6) is 0.892. The van der Waals surface area contributed by atoms with Crippen LogP contribution in [0.3, 0.4) is 0 Å². The van der Waals surface area contributed by atoms with Gasteiger partial charge in [-0.2, -0.15) is 10.2 Å². The summed E-state index contributed by atoms with van der Waals surface area (Å²) in [7, 11) is 0. The molecule has 0 saturated heterocycles. The van der Waals surface area contributed by atoms with Gasteiger partial charge in [0, 0.05) is 12.6 Å². The van der Waals surface area contributed by atoms with Gasteiger partial charge in [-0.25, -0.2) is 9.37 Å². The van der Waals surface area contributed by atoms with Gasteiger partial charge in [0.1, 0.15) is 17.4 Å². The first-order valence-electron chi connectivity index (χ1n) is 11.5. The highest BCUT2D eigenvalue weighted by Gasteiger charge is 2.26. The van der Waals surface area contributed by atoms with Crippen molar-refractivity contribution in [3.05, 3.63) is 76.3 Å². The van der Waals surface area contributed by atoms with Crippen molar-refractivity contribution < 1.29 is 4.39 Å². The van der Waals surface area contributed by atoms with Crippen LogP contribution in [0.25, 0.3) is 22.3 Å². The summed E-state index contributed by atoms with van der Waals surface area (Å²) in [6, 6.07) is 17.4. The molecule has 0 aliphatic heterocycles. The lowest BCUT2D eigenvalue weighted by atomic mass is 9.80. The SMILES string of the molecule is Cc1cccc(-c2cc3nc(C#N)nc(N[C@H](C)C4CCC4)c3n2Cc2ccc(Cl)c(F)c2)c1. The second kappa shape index (κ2) is 9.08. The lowest BCUT2D eigenvalue weighted by Gasteiger charge is -2.32.